The van der Waals surface area contributed by atoms with Gasteiger partial charge >= 0.3 is 18.2 Å². The number of hydroxylamine groups is 1. The van der Waals surface area contributed by atoms with Crippen LogP contribution in [0.15, 0.2) is 42.5 Å². The van der Waals surface area contributed by atoms with Gasteiger partial charge in [0.2, 0.25) is 0 Å². The number of primary amides is 1. The maximum Gasteiger partial charge on any atom is 0.493 e. The first-order chi connectivity index (χ1) is 18.4. The predicted octanol–water partition coefficient (Wildman–Crippen LogP) is 2.75. The Labute approximate surface area is 227 Å². The predicted molar refractivity (Wildman–Crippen MR) is 137 cm³/mol. The smallest absolute Gasteiger partial charge is 0.493 e. The van der Waals surface area contributed by atoms with Crippen LogP contribution in [0.25, 0.3) is 0 Å². The highest BCUT2D eigenvalue weighted by atomic mass is 35.5. The fourth-order valence-electron chi connectivity index (χ4n) is 4.84. The third-order valence-electron chi connectivity index (χ3n) is 6.77. The van der Waals surface area contributed by atoms with E-state index in [1.54, 1.807) is 4.90 Å². The molecule has 2 aromatic carbocycles. The number of benzene rings is 2. The third kappa shape index (κ3) is 7.24. The van der Waals surface area contributed by atoms with E-state index in [0.29, 0.717) is 5.02 Å². The molecule has 212 valence electrons. The normalized spacial score (nSPS) is 20.7. The molecule has 2 aromatic rings. The van der Waals surface area contributed by atoms with Crippen LogP contribution in [0.4, 0.5) is 29.3 Å². The van der Waals surface area contributed by atoms with Crippen LogP contribution in [0.2, 0.25) is 5.02 Å². The number of rotatable bonds is 6. The SMILES string of the molecule is NC(=O)N(OC(=O)C(F)(F)F)c1ccc(O)cc1N1CC(O)C(NC2CCN(Cc3ccc(Cl)cc3)CC2)C1. The molecular formula is C25H29ClF3N5O5. The minimum atomic E-state index is -5.37. The number of carbonyl (C=O) groups is 2. The molecule has 0 aromatic heterocycles. The summed E-state index contributed by atoms with van der Waals surface area (Å²) in [6, 6.07) is 9.37. The van der Waals surface area contributed by atoms with Crippen molar-refractivity contribution in [3.05, 3.63) is 53.1 Å². The van der Waals surface area contributed by atoms with Crippen molar-refractivity contribution in [2.75, 3.05) is 36.1 Å². The van der Waals surface area contributed by atoms with Crippen molar-refractivity contribution < 1.29 is 37.8 Å². The number of anilines is 2. The Bertz CT molecular complexity index is 1180. The zero-order chi connectivity index (χ0) is 28.3. The second kappa shape index (κ2) is 11.9. The summed E-state index contributed by atoms with van der Waals surface area (Å²) in [5, 5.41) is 25.0. The zero-order valence-electron chi connectivity index (χ0n) is 20.8. The number of nitrogens with one attached hydrogen (secondary N) is 1. The van der Waals surface area contributed by atoms with Gasteiger partial charge in [0.05, 0.1) is 17.8 Å². The minimum Gasteiger partial charge on any atom is -0.508 e. The van der Waals surface area contributed by atoms with Gasteiger partial charge in [0.1, 0.15) is 11.4 Å². The number of urea groups is 1. The van der Waals surface area contributed by atoms with E-state index in [4.69, 9.17) is 17.3 Å². The molecule has 0 aliphatic carbocycles. The van der Waals surface area contributed by atoms with E-state index in [-0.39, 0.29) is 41.3 Å². The molecule has 2 atom stereocenters. The molecule has 0 bridgehead atoms. The van der Waals surface area contributed by atoms with Crippen LogP contribution in [0, 0.1) is 0 Å². The Kier molecular flexibility index (Phi) is 8.74. The maximum absolute atomic E-state index is 12.8. The molecule has 5 N–H and O–H groups in total. The van der Waals surface area contributed by atoms with Crippen molar-refractivity contribution in [1.29, 1.82) is 0 Å². The first-order valence-electron chi connectivity index (χ1n) is 12.3. The van der Waals surface area contributed by atoms with E-state index >= 15 is 0 Å². The Hall–Kier alpha value is -3.26. The zero-order valence-corrected chi connectivity index (χ0v) is 21.5. The largest absolute Gasteiger partial charge is 0.508 e. The third-order valence-corrected chi connectivity index (χ3v) is 7.02. The molecule has 2 aliphatic rings. The lowest BCUT2D eigenvalue weighted by Gasteiger charge is -2.34. The standard InChI is InChI=1S/C25H29ClF3N5O5/c26-16-3-1-15(2-4-16)12-32-9-7-17(8-10-32)31-19-13-33(14-22(19)36)21-11-18(35)5-6-20(21)34(24(30)38)39-23(37)25(27,28)29/h1-6,11,17,19,22,31,35-36H,7-10,12-14H2,(H2,30,38). The van der Waals surface area contributed by atoms with Crippen molar-refractivity contribution >= 4 is 35.0 Å². The van der Waals surface area contributed by atoms with E-state index in [1.807, 2.05) is 24.3 Å². The van der Waals surface area contributed by atoms with E-state index in [9.17, 15) is 33.0 Å². The number of amides is 2. The number of hydrogen-bond donors (Lipinski definition) is 4. The number of nitrogens with zero attached hydrogens (tertiary/aromatic N) is 3. The molecule has 2 aliphatic heterocycles. The summed E-state index contributed by atoms with van der Waals surface area (Å²) in [4.78, 5) is 31.5. The van der Waals surface area contributed by atoms with Gasteiger partial charge in [0.15, 0.2) is 0 Å². The van der Waals surface area contributed by atoms with Crippen molar-refractivity contribution in [1.82, 2.24) is 10.2 Å². The van der Waals surface area contributed by atoms with Crippen LogP contribution in [0.5, 0.6) is 5.75 Å². The molecule has 0 saturated carbocycles. The maximum atomic E-state index is 12.8. The summed E-state index contributed by atoms with van der Waals surface area (Å²) >= 11 is 5.96. The number of piperidine rings is 1. The number of nitrogens with two attached hydrogens (primary N) is 1. The lowest BCUT2D eigenvalue weighted by Crippen LogP contribution is -2.49. The molecule has 2 heterocycles. The summed E-state index contributed by atoms with van der Waals surface area (Å²) in [6.45, 7) is 2.76. The highest BCUT2D eigenvalue weighted by Gasteiger charge is 2.44. The molecule has 14 heteroatoms. The van der Waals surface area contributed by atoms with Gasteiger partial charge in [-0.2, -0.15) is 13.2 Å². The number of β-amino-alcohol motifs (C(OH)–C–C–N with tert-alkyl or cyclic N) is 1. The van der Waals surface area contributed by atoms with Crippen LogP contribution >= 0.6 is 11.6 Å². The lowest BCUT2D eigenvalue weighted by atomic mass is 10.0. The fraction of sp³-hybridized carbons (Fsp3) is 0.440. The Morgan fingerprint density at radius 2 is 1.79 bits per heavy atom. The quantitative estimate of drug-likeness (QED) is 0.389. The number of phenols is 1. The molecule has 4 rings (SSSR count). The van der Waals surface area contributed by atoms with Gasteiger partial charge < -0.3 is 31.0 Å². The van der Waals surface area contributed by atoms with E-state index in [2.05, 4.69) is 15.1 Å². The summed E-state index contributed by atoms with van der Waals surface area (Å²) in [6.07, 6.45) is -4.53. The second-order valence-corrected chi connectivity index (χ2v) is 10.0. The van der Waals surface area contributed by atoms with Gasteiger partial charge in [0.25, 0.3) is 0 Å². The lowest BCUT2D eigenvalue weighted by molar-refractivity contribution is -0.199. The van der Waals surface area contributed by atoms with E-state index in [0.717, 1.165) is 44.6 Å². The average molecular weight is 572 g/mol. The number of hydrogen-bond acceptors (Lipinski definition) is 8. The molecule has 0 radical (unpaired) electrons. The van der Waals surface area contributed by atoms with Gasteiger partial charge in [-0.15, -0.1) is 5.06 Å². The number of carbonyl (C=O) groups excluding carboxylic acids is 2. The topological polar surface area (TPSA) is 132 Å². The summed E-state index contributed by atoms with van der Waals surface area (Å²) in [7, 11) is 0. The molecule has 2 unspecified atom stereocenters. The van der Waals surface area contributed by atoms with Gasteiger partial charge in [-0.3, -0.25) is 4.90 Å². The molecular weight excluding hydrogens is 543 g/mol. The van der Waals surface area contributed by atoms with Gasteiger partial charge in [0, 0.05) is 36.8 Å². The minimum absolute atomic E-state index is 0.0220. The first kappa shape index (κ1) is 28.7. The van der Waals surface area contributed by atoms with Crippen molar-refractivity contribution in [3.8, 4) is 5.75 Å². The van der Waals surface area contributed by atoms with Crippen LogP contribution < -0.4 is 21.0 Å². The first-order valence-corrected chi connectivity index (χ1v) is 12.7. The molecule has 0 spiro atoms. The molecule has 10 nitrogen and oxygen atoms in total. The highest BCUT2D eigenvalue weighted by molar-refractivity contribution is 6.30. The molecule has 39 heavy (non-hydrogen) atoms. The summed E-state index contributed by atoms with van der Waals surface area (Å²) in [5.74, 6) is -2.89. The Morgan fingerprint density at radius 3 is 2.41 bits per heavy atom. The van der Waals surface area contributed by atoms with Gasteiger partial charge in [-0.25, -0.2) is 9.59 Å². The van der Waals surface area contributed by atoms with E-state index in [1.165, 1.54) is 11.6 Å². The number of aliphatic hydroxyl groups excluding tert-OH is 1. The second-order valence-electron chi connectivity index (χ2n) is 9.60. The van der Waals surface area contributed by atoms with Crippen LogP contribution in [-0.2, 0) is 16.2 Å². The van der Waals surface area contributed by atoms with Crippen molar-refractivity contribution in [2.24, 2.45) is 5.73 Å². The molecule has 2 saturated heterocycles. The van der Waals surface area contributed by atoms with Crippen LogP contribution in [-0.4, -0.2) is 77.7 Å². The monoisotopic (exact) mass is 571 g/mol. The number of likely N-dealkylation sites (tertiary alicyclic amines) is 1. The van der Waals surface area contributed by atoms with E-state index < -0.39 is 30.3 Å². The van der Waals surface area contributed by atoms with Crippen LogP contribution in [0.1, 0.15) is 18.4 Å². The van der Waals surface area contributed by atoms with Crippen molar-refractivity contribution in [2.45, 2.75) is 43.8 Å². The fourth-order valence-corrected chi connectivity index (χ4v) is 4.97. The number of aliphatic hydroxyl groups is 1. The molecule has 2 amide bonds. The Balaban J connectivity index is 1.40. The number of alkyl halides is 3. The highest BCUT2D eigenvalue weighted by Crippen LogP contribution is 2.36. The summed E-state index contributed by atoms with van der Waals surface area (Å²) in [5.41, 5.74) is 6.14. The van der Waals surface area contributed by atoms with Gasteiger partial charge in [-0.05, 0) is 55.8 Å². The number of aromatic hydroxyl groups is 1. The summed E-state index contributed by atoms with van der Waals surface area (Å²) < 4.78 is 38.3. The number of halogens is 4. The van der Waals surface area contributed by atoms with Gasteiger partial charge in [-0.1, -0.05) is 23.7 Å². The average Bonchev–Trinajstić information content (AvgIpc) is 3.24. The Morgan fingerprint density at radius 1 is 1.13 bits per heavy atom. The van der Waals surface area contributed by atoms with Crippen LogP contribution in [0.3, 0.4) is 0 Å². The number of phenolic OH excluding ortho intramolecular Hbond substituents is 1. The van der Waals surface area contributed by atoms with Crippen molar-refractivity contribution in [3.63, 3.8) is 0 Å². The molecule has 2 fully saturated rings.